The third kappa shape index (κ3) is 7.28. The fraction of sp³-hybridized carbons (Fsp3) is 0.500. The Morgan fingerprint density at radius 1 is 1.69 bits per heavy atom. The number of carbonyl (C=O) groups excluding carboxylic acids is 1. The van der Waals surface area contributed by atoms with Crippen LogP contribution in [0.25, 0.3) is 0 Å². The van der Waals surface area contributed by atoms with E-state index < -0.39 is 0 Å². The molecule has 0 aromatic rings. The molecule has 0 aromatic carbocycles. The molecule has 74 valence electrons. The van der Waals surface area contributed by atoms with Gasteiger partial charge in [-0.15, -0.1) is 6.58 Å². The first-order valence-electron chi connectivity index (χ1n) is 4.40. The lowest BCUT2D eigenvalue weighted by Crippen LogP contribution is -2.23. The third-order valence-electron chi connectivity index (χ3n) is 1.45. The van der Waals surface area contributed by atoms with Gasteiger partial charge in [0.15, 0.2) is 0 Å². The first-order chi connectivity index (χ1) is 6.20. The Kier molecular flexibility index (Phi) is 6.92. The summed E-state index contributed by atoms with van der Waals surface area (Å²) in [6.45, 7) is 8.46. The van der Waals surface area contributed by atoms with Gasteiger partial charge in [0, 0.05) is 18.7 Å². The van der Waals surface area contributed by atoms with Crippen molar-refractivity contribution in [2.75, 3.05) is 13.2 Å². The first-order valence-corrected chi connectivity index (χ1v) is 4.40. The second-order valence-electron chi connectivity index (χ2n) is 2.59. The van der Waals surface area contributed by atoms with Crippen LogP contribution in [0.1, 0.15) is 13.8 Å². The lowest BCUT2D eigenvalue weighted by atomic mass is 10.3. The van der Waals surface area contributed by atoms with E-state index >= 15 is 0 Å². The summed E-state index contributed by atoms with van der Waals surface area (Å²) in [6.07, 6.45) is 4.96. The van der Waals surface area contributed by atoms with Crippen LogP contribution in [0.15, 0.2) is 24.8 Å². The van der Waals surface area contributed by atoms with Crippen LogP contribution in [0.5, 0.6) is 0 Å². The van der Waals surface area contributed by atoms with E-state index in [2.05, 4.69) is 11.9 Å². The van der Waals surface area contributed by atoms with E-state index in [-0.39, 0.29) is 12.0 Å². The smallest absolute Gasteiger partial charge is 0.330 e. The predicted octanol–water partition coefficient (Wildman–Crippen LogP) is 1.27. The van der Waals surface area contributed by atoms with Crippen LogP contribution in [0.4, 0.5) is 0 Å². The lowest BCUT2D eigenvalue weighted by molar-refractivity contribution is -0.137. The Labute approximate surface area is 79.5 Å². The normalized spacial score (nSPS) is 12.8. The van der Waals surface area contributed by atoms with Gasteiger partial charge in [0.05, 0.1) is 6.61 Å². The van der Waals surface area contributed by atoms with Crippen molar-refractivity contribution < 1.29 is 9.53 Å². The maximum Gasteiger partial charge on any atom is 0.330 e. The van der Waals surface area contributed by atoms with Crippen molar-refractivity contribution >= 4 is 5.97 Å². The molecule has 0 aromatic heterocycles. The summed E-state index contributed by atoms with van der Waals surface area (Å²) in [4.78, 5) is 10.8. The molecule has 0 rings (SSSR count). The van der Waals surface area contributed by atoms with Gasteiger partial charge in [0.25, 0.3) is 0 Å². The van der Waals surface area contributed by atoms with E-state index in [1.807, 2.05) is 6.92 Å². The van der Waals surface area contributed by atoms with Crippen LogP contribution < -0.4 is 5.32 Å². The highest BCUT2D eigenvalue weighted by Crippen LogP contribution is 1.83. The van der Waals surface area contributed by atoms with Gasteiger partial charge in [-0.3, -0.25) is 0 Å². The maximum atomic E-state index is 10.8. The molecule has 1 N–H and O–H groups in total. The summed E-state index contributed by atoms with van der Waals surface area (Å²) >= 11 is 0. The molecule has 0 aliphatic carbocycles. The molecule has 0 amide bonds. The minimum Gasteiger partial charge on any atom is -0.463 e. The molecule has 3 heteroatoms. The van der Waals surface area contributed by atoms with E-state index in [1.165, 1.54) is 6.08 Å². The Morgan fingerprint density at radius 2 is 2.38 bits per heavy atom. The molecule has 0 saturated heterocycles. The SMILES string of the molecule is C=CC(C)NC/C=C/C(=O)OCC. The maximum absolute atomic E-state index is 10.8. The summed E-state index contributed by atoms with van der Waals surface area (Å²) in [7, 11) is 0. The van der Waals surface area contributed by atoms with E-state index in [9.17, 15) is 4.79 Å². The molecule has 0 radical (unpaired) electrons. The third-order valence-corrected chi connectivity index (χ3v) is 1.45. The predicted molar refractivity (Wildman–Crippen MR) is 53.4 cm³/mol. The number of nitrogens with one attached hydrogen (secondary N) is 1. The lowest BCUT2D eigenvalue weighted by Gasteiger charge is -2.04. The van der Waals surface area contributed by atoms with Crippen molar-refractivity contribution in [3.05, 3.63) is 24.8 Å². The van der Waals surface area contributed by atoms with Crippen LogP contribution in [0, 0.1) is 0 Å². The van der Waals surface area contributed by atoms with Gasteiger partial charge in [-0.25, -0.2) is 4.79 Å². The zero-order valence-corrected chi connectivity index (χ0v) is 8.25. The summed E-state index contributed by atoms with van der Waals surface area (Å²) in [5, 5.41) is 3.12. The zero-order chi connectivity index (χ0) is 10.1. The van der Waals surface area contributed by atoms with Gasteiger partial charge in [-0.2, -0.15) is 0 Å². The molecule has 0 fully saturated rings. The molecule has 3 nitrogen and oxygen atoms in total. The zero-order valence-electron chi connectivity index (χ0n) is 8.25. The Hall–Kier alpha value is -1.09. The van der Waals surface area contributed by atoms with Crippen LogP contribution in [-0.4, -0.2) is 25.2 Å². The van der Waals surface area contributed by atoms with Crippen LogP contribution in [-0.2, 0) is 9.53 Å². The number of hydrogen-bond donors (Lipinski definition) is 1. The van der Waals surface area contributed by atoms with Crippen molar-refractivity contribution in [1.82, 2.24) is 5.32 Å². The van der Waals surface area contributed by atoms with Crippen molar-refractivity contribution in [3.8, 4) is 0 Å². The van der Waals surface area contributed by atoms with Crippen LogP contribution in [0.2, 0.25) is 0 Å². The second kappa shape index (κ2) is 7.55. The number of esters is 1. The molecule has 1 unspecified atom stereocenters. The molecular weight excluding hydrogens is 166 g/mol. The number of ether oxygens (including phenoxy) is 1. The van der Waals surface area contributed by atoms with E-state index in [0.717, 1.165) is 0 Å². The average molecular weight is 183 g/mol. The topological polar surface area (TPSA) is 38.3 Å². The monoisotopic (exact) mass is 183 g/mol. The largest absolute Gasteiger partial charge is 0.463 e. The van der Waals surface area contributed by atoms with Gasteiger partial charge in [-0.05, 0) is 13.8 Å². The van der Waals surface area contributed by atoms with Gasteiger partial charge in [-0.1, -0.05) is 12.2 Å². The molecule has 0 aliphatic rings. The summed E-state index contributed by atoms with van der Waals surface area (Å²) in [5.74, 6) is -0.296. The quantitative estimate of drug-likeness (QED) is 0.383. The molecule has 0 bridgehead atoms. The molecule has 0 spiro atoms. The average Bonchev–Trinajstić information content (AvgIpc) is 2.12. The fourth-order valence-corrected chi connectivity index (χ4v) is 0.683. The number of carbonyl (C=O) groups is 1. The van der Waals surface area contributed by atoms with Gasteiger partial charge >= 0.3 is 5.97 Å². The summed E-state index contributed by atoms with van der Waals surface area (Å²) < 4.78 is 4.70. The van der Waals surface area contributed by atoms with Gasteiger partial charge in [0.1, 0.15) is 0 Å². The van der Waals surface area contributed by atoms with Crippen molar-refractivity contribution in [2.24, 2.45) is 0 Å². The Bertz CT molecular complexity index is 187. The molecular formula is C10H17NO2. The van der Waals surface area contributed by atoms with Crippen LogP contribution in [0.3, 0.4) is 0 Å². The van der Waals surface area contributed by atoms with Crippen LogP contribution >= 0.6 is 0 Å². The Morgan fingerprint density at radius 3 is 2.92 bits per heavy atom. The minimum atomic E-state index is -0.296. The number of hydrogen-bond acceptors (Lipinski definition) is 3. The minimum absolute atomic E-state index is 0.256. The standard InChI is InChI=1S/C10H17NO2/c1-4-9(3)11-8-6-7-10(12)13-5-2/h4,6-7,9,11H,1,5,8H2,2-3H3/b7-6+. The second-order valence-corrected chi connectivity index (χ2v) is 2.59. The van der Waals surface area contributed by atoms with E-state index in [4.69, 9.17) is 4.74 Å². The highest BCUT2D eigenvalue weighted by Gasteiger charge is 1.93. The fourth-order valence-electron chi connectivity index (χ4n) is 0.683. The molecule has 0 aliphatic heterocycles. The van der Waals surface area contributed by atoms with Gasteiger partial charge < -0.3 is 10.1 Å². The van der Waals surface area contributed by atoms with Crippen molar-refractivity contribution in [1.29, 1.82) is 0 Å². The highest BCUT2D eigenvalue weighted by atomic mass is 16.5. The Balaban J connectivity index is 3.51. The van der Waals surface area contributed by atoms with E-state index in [1.54, 1.807) is 19.1 Å². The van der Waals surface area contributed by atoms with Gasteiger partial charge in [0.2, 0.25) is 0 Å². The molecule has 13 heavy (non-hydrogen) atoms. The molecule has 0 saturated carbocycles. The van der Waals surface area contributed by atoms with E-state index in [0.29, 0.717) is 13.2 Å². The highest BCUT2D eigenvalue weighted by molar-refractivity contribution is 5.81. The first kappa shape index (κ1) is 11.9. The summed E-state index contributed by atoms with van der Waals surface area (Å²) in [6, 6.07) is 0.256. The summed E-state index contributed by atoms with van der Waals surface area (Å²) in [5.41, 5.74) is 0. The molecule has 1 atom stereocenters. The van der Waals surface area contributed by atoms with Crippen molar-refractivity contribution in [2.45, 2.75) is 19.9 Å². The molecule has 0 heterocycles. The van der Waals surface area contributed by atoms with Crippen molar-refractivity contribution in [3.63, 3.8) is 0 Å². The number of rotatable bonds is 6.